The monoisotopic (exact) mass is 305 g/mol. The first-order valence-corrected chi connectivity index (χ1v) is 7.62. The molecule has 0 aliphatic heterocycles. The maximum atomic E-state index is 7.92. The summed E-state index contributed by atoms with van der Waals surface area (Å²) in [5.41, 5.74) is 5.39. The molecule has 0 fully saturated rings. The minimum atomic E-state index is -1.37. The third-order valence-electron chi connectivity index (χ3n) is 4.33. The molecular weight excluding hydrogens is 284 g/mol. The van der Waals surface area contributed by atoms with Gasteiger partial charge in [-0.05, 0) is 31.0 Å². The number of hydrogen-bond acceptors (Lipinski definition) is 2. The molecule has 4 rings (SSSR count). The van der Waals surface area contributed by atoms with E-state index in [0.717, 1.165) is 38.8 Å². The molecule has 0 aliphatic carbocycles. The zero-order valence-corrected chi connectivity index (χ0v) is 13.4. The van der Waals surface area contributed by atoms with Crippen molar-refractivity contribution in [2.45, 2.75) is 20.2 Å². The number of fused-ring (bicyclic) bond motifs is 3. The lowest BCUT2D eigenvalue weighted by Gasteiger charge is -2.06. The average Bonchev–Trinajstić information content (AvgIpc) is 2.93. The highest BCUT2D eigenvalue weighted by Crippen LogP contribution is 2.36. The Kier molecular flexibility index (Phi) is 2.67. The zero-order valence-electron chi connectivity index (χ0n) is 15.4. The molecule has 0 saturated heterocycles. The quantitative estimate of drug-likeness (QED) is 0.516. The van der Waals surface area contributed by atoms with Gasteiger partial charge in [-0.25, -0.2) is 4.57 Å². The highest BCUT2D eigenvalue weighted by molar-refractivity contribution is 6.09. The van der Waals surface area contributed by atoms with Crippen LogP contribution in [0.5, 0.6) is 0 Å². The van der Waals surface area contributed by atoms with Crippen LogP contribution in [-0.4, -0.2) is 4.98 Å². The van der Waals surface area contributed by atoms with E-state index in [4.69, 9.17) is 7.16 Å². The van der Waals surface area contributed by atoms with E-state index in [2.05, 4.69) is 24.0 Å². The first-order valence-electron chi connectivity index (χ1n) is 8.62. The molecular formula is C20H19N2O+. The normalized spacial score (nSPS) is 13.3. The summed E-state index contributed by atoms with van der Waals surface area (Å²) in [6.07, 6.45) is 3.98. The Morgan fingerprint density at radius 3 is 2.83 bits per heavy atom. The van der Waals surface area contributed by atoms with Crippen molar-refractivity contribution in [1.29, 1.82) is 0 Å². The molecule has 0 unspecified atom stereocenters. The molecule has 3 aromatic heterocycles. The first kappa shape index (κ1) is 11.8. The van der Waals surface area contributed by atoms with E-state index in [1.165, 1.54) is 0 Å². The fourth-order valence-corrected chi connectivity index (χ4v) is 3.13. The van der Waals surface area contributed by atoms with E-state index >= 15 is 0 Å². The Morgan fingerprint density at radius 2 is 2.04 bits per heavy atom. The van der Waals surface area contributed by atoms with Gasteiger partial charge in [0.2, 0.25) is 5.69 Å². The van der Waals surface area contributed by atoms with Gasteiger partial charge in [-0.1, -0.05) is 19.1 Å². The van der Waals surface area contributed by atoms with Crippen molar-refractivity contribution in [3.8, 4) is 11.3 Å². The fraction of sp³-hybridized carbons (Fsp3) is 0.200. The van der Waals surface area contributed by atoms with Crippen LogP contribution in [0, 0.1) is 6.92 Å². The molecule has 0 N–H and O–H groups in total. The van der Waals surface area contributed by atoms with Crippen molar-refractivity contribution < 1.29 is 11.7 Å². The van der Waals surface area contributed by atoms with Crippen molar-refractivity contribution in [2.24, 2.45) is 7.05 Å². The topological polar surface area (TPSA) is 29.9 Å². The Hall–Kier alpha value is -2.68. The van der Waals surface area contributed by atoms with Gasteiger partial charge in [-0.3, -0.25) is 4.98 Å². The third kappa shape index (κ3) is 2.12. The predicted molar refractivity (Wildman–Crippen MR) is 92.2 cm³/mol. The number of furan rings is 1. The SMILES string of the molecule is [2H]C([2H])(C)c1ccc(-c2c(C)ccc3c2oc2cnccc23)[n+](C)c1. The maximum absolute atomic E-state index is 7.92. The van der Waals surface area contributed by atoms with Crippen LogP contribution in [0.4, 0.5) is 0 Å². The van der Waals surface area contributed by atoms with Crippen LogP contribution in [0.2, 0.25) is 0 Å². The van der Waals surface area contributed by atoms with Gasteiger partial charge in [0.05, 0.1) is 11.8 Å². The molecule has 3 nitrogen and oxygen atoms in total. The van der Waals surface area contributed by atoms with Crippen molar-refractivity contribution in [1.82, 2.24) is 4.98 Å². The predicted octanol–water partition coefficient (Wildman–Crippen LogP) is 4.34. The summed E-state index contributed by atoms with van der Waals surface area (Å²) in [5.74, 6) is 0. The zero-order chi connectivity index (χ0) is 17.8. The van der Waals surface area contributed by atoms with Crippen LogP contribution in [0.1, 0.15) is 20.8 Å². The molecule has 0 bridgehead atoms. The van der Waals surface area contributed by atoms with Gasteiger partial charge >= 0.3 is 0 Å². The number of rotatable bonds is 2. The summed E-state index contributed by atoms with van der Waals surface area (Å²) in [7, 11) is 1.94. The van der Waals surface area contributed by atoms with E-state index in [1.54, 1.807) is 19.3 Å². The van der Waals surface area contributed by atoms with Crippen molar-refractivity contribution in [3.05, 3.63) is 60.0 Å². The summed E-state index contributed by atoms with van der Waals surface area (Å²) in [5, 5.41) is 2.11. The molecule has 3 heterocycles. The number of hydrogen-bond donors (Lipinski definition) is 0. The number of aromatic nitrogens is 2. The summed E-state index contributed by atoms with van der Waals surface area (Å²) in [6, 6.07) is 9.95. The molecule has 0 atom stereocenters. The Bertz CT molecular complexity index is 1110. The van der Waals surface area contributed by atoms with Crippen molar-refractivity contribution in [3.63, 3.8) is 0 Å². The lowest BCUT2D eigenvalue weighted by molar-refractivity contribution is -0.660. The average molecular weight is 305 g/mol. The van der Waals surface area contributed by atoms with Crippen molar-refractivity contribution >= 4 is 21.9 Å². The van der Waals surface area contributed by atoms with E-state index in [9.17, 15) is 0 Å². The molecule has 0 radical (unpaired) electrons. The minimum absolute atomic E-state index is 0.650. The van der Waals surface area contributed by atoms with E-state index in [0.29, 0.717) is 5.56 Å². The highest BCUT2D eigenvalue weighted by Gasteiger charge is 2.20. The van der Waals surface area contributed by atoms with Gasteiger partial charge < -0.3 is 4.42 Å². The Morgan fingerprint density at radius 1 is 1.17 bits per heavy atom. The summed E-state index contributed by atoms with van der Waals surface area (Å²) >= 11 is 0. The fourth-order valence-electron chi connectivity index (χ4n) is 3.13. The standard InChI is InChI=1S/C20H19N2O/c1-4-14-6-8-17(22(3)12-14)19-13(2)5-7-16-15-9-10-21-11-18(15)23-20(16)19/h5-12H,4H2,1-3H3/q+1/i4D2. The second-order valence-corrected chi connectivity index (χ2v) is 5.77. The summed E-state index contributed by atoms with van der Waals surface area (Å²) in [4.78, 5) is 4.15. The van der Waals surface area contributed by atoms with Gasteiger partial charge in [-0.15, -0.1) is 0 Å². The first-order chi connectivity index (χ1) is 11.9. The van der Waals surface area contributed by atoms with Crippen LogP contribution < -0.4 is 4.57 Å². The van der Waals surface area contributed by atoms with E-state index in [-0.39, 0.29) is 0 Å². The van der Waals surface area contributed by atoms with Gasteiger partial charge in [-0.2, -0.15) is 0 Å². The lowest BCUT2D eigenvalue weighted by atomic mass is 10.0. The van der Waals surface area contributed by atoms with E-state index in [1.807, 2.05) is 36.0 Å². The van der Waals surface area contributed by atoms with Crippen LogP contribution in [-0.2, 0) is 13.4 Å². The largest absolute Gasteiger partial charge is 0.454 e. The Labute approximate surface area is 138 Å². The molecule has 1 aromatic carbocycles. The van der Waals surface area contributed by atoms with Crippen molar-refractivity contribution in [2.75, 3.05) is 0 Å². The van der Waals surface area contributed by atoms with Gasteiger partial charge in [0, 0.05) is 31.3 Å². The third-order valence-corrected chi connectivity index (χ3v) is 4.33. The highest BCUT2D eigenvalue weighted by atomic mass is 16.3. The molecule has 4 aromatic rings. The summed E-state index contributed by atoms with van der Waals surface area (Å²) in [6.45, 7) is 3.63. The maximum Gasteiger partial charge on any atom is 0.216 e. The number of aryl methyl sites for hydroxylation is 3. The van der Waals surface area contributed by atoms with Crippen LogP contribution in [0.15, 0.2) is 53.3 Å². The second kappa shape index (κ2) is 5.20. The van der Waals surface area contributed by atoms with Crippen LogP contribution in [0.25, 0.3) is 33.2 Å². The van der Waals surface area contributed by atoms with Gasteiger partial charge in [0.15, 0.2) is 11.8 Å². The molecule has 0 aliphatic rings. The molecule has 114 valence electrons. The minimum Gasteiger partial charge on any atom is -0.454 e. The molecule has 0 saturated carbocycles. The molecule has 0 amide bonds. The lowest BCUT2D eigenvalue weighted by Crippen LogP contribution is -2.31. The molecule has 0 spiro atoms. The number of benzene rings is 1. The molecule has 3 heteroatoms. The smallest absolute Gasteiger partial charge is 0.216 e. The number of nitrogens with zero attached hydrogens (tertiary/aromatic N) is 2. The van der Waals surface area contributed by atoms with Gasteiger partial charge in [0.1, 0.15) is 12.6 Å². The molecule has 23 heavy (non-hydrogen) atoms. The van der Waals surface area contributed by atoms with Gasteiger partial charge in [0.25, 0.3) is 0 Å². The Balaban J connectivity index is 2.02. The summed E-state index contributed by atoms with van der Waals surface area (Å²) < 4.78 is 23.9. The van der Waals surface area contributed by atoms with Crippen LogP contribution >= 0.6 is 0 Å². The second-order valence-electron chi connectivity index (χ2n) is 5.77. The van der Waals surface area contributed by atoms with E-state index < -0.39 is 6.37 Å². The number of pyridine rings is 2. The van der Waals surface area contributed by atoms with Crippen LogP contribution in [0.3, 0.4) is 0 Å².